The third kappa shape index (κ3) is 4.96. The van der Waals surface area contributed by atoms with Crippen LogP contribution in [0, 0.1) is 6.07 Å². The molecule has 0 amide bonds. The maximum absolute atomic E-state index is 5.45. The standard InChI is InChI=1S/C16H15O2.Li/c1-17-13-18-16-10-6-5-9-15(16)12-11-14-7-3-2-4-8-14;/h2-9,11-12H,13H2,1H3;/q-1;+1/b12-11-;. The molecule has 0 aliphatic rings. The van der Waals surface area contributed by atoms with Gasteiger partial charge in [-0.25, -0.2) is 0 Å². The zero-order chi connectivity index (χ0) is 12.6. The molecule has 0 saturated heterocycles. The molecule has 0 unspecified atom stereocenters. The Morgan fingerprint density at radius 3 is 2.58 bits per heavy atom. The van der Waals surface area contributed by atoms with Crippen LogP contribution in [0.15, 0.2) is 48.5 Å². The molecule has 0 heterocycles. The average molecular weight is 246 g/mol. The maximum Gasteiger partial charge on any atom is 1.00 e. The van der Waals surface area contributed by atoms with Crippen molar-refractivity contribution in [3.63, 3.8) is 0 Å². The summed E-state index contributed by atoms with van der Waals surface area (Å²) in [5, 5.41) is 0. The molecule has 0 bridgehead atoms. The second-order valence-electron chi connectivity index (χ2n) is 3.75. The van der Waals surface area contributed by atoms with E-state index in [-0.39, 0.29) is 25.7 Å². The predicted octanol–water partition coefficient (Wildman–Crippen LogP) is 0.644. The third-order valence-corrected chi connectivity index (χ3v) is 2.42. The number of benzene rings is 2. The van der Waals surface area contributed by atoms with Crippen LogP contribution in [0.25, 0.3) is 12.2 Å². The topological polar surface area (TPSA) is 18.5 Å². The van der Waals surface area contributed by atoms with Gasteiger partial charge >= 0.3 is 18.9 Å². The van der Waals surface area contributed by atoms with Crippen LogP contribution in [0.1, 0.15) is 11.1 Å². The summed E-state index contributed by atoms with van der Waals surface area (Å²) in [6.07, 6.45) is 4.06. The fourth-order valence-corrected chi connectivity index (χ4v) is 1.56. The van der Waals surface area contributed by atoms with Crippen LogP contribution in [0.5, 0.6) is 5.75 Å². The molecule has 0 aromatic heterocycles. The van der Waals surface area contributed by atoms with E-state index < -0.39 is 0 Å². The van der Waals surface area contributed by atoms with Gasteiger partial charge in [0.15, 0.2) is 6.79 Å². The molecular weight excluding hydrogens is 231 g/mol. The van der Waals surface area contributed by atoms with Crippen LogP contribution in [-0.4, -0.2) is 13.9 Å². The Kier molecular flexibility index (Phi) is 7.06. The normalized spacial score (nSPS) is 10.2. The molecule has 3 heteroatoms. The molecule has 2 rings (SSSR count). The van der Waals surface area contributed by atoms with Gasteiger partial charge in [0.1, 0.15) is 0 Å². The van der Waals surface area contributed by atoms with Crippen molar-refractivity contribution in [2.45, 2.75) is 0 Å². The van der Waals surface area contributed by atoms with Crippen LogP contribution in [0.2, 0.25) is 0 Å². The number of hydrogen-bond acceptors (Lipinski definition) is 2. The molecule has 0 saturated carbocycles. The van der Waals surface area contributed by atoms with Gasteiger partial charge in [0.05, 0.1) is 0 Å². The largest absolute Gasteiger partial charge is 1.00 e. The van der Waals surface area contributed by atoms with Gasteiger partial charge in [-0.05, 0) is 5.56 Å². The Bertz CT molecular complexity index is 509. The van der Waals surface area contributed by atoms with E-state index in [1.54, 1.807) is 7.11 Å². The van der Waals surface area contributed by atoms with Crippen molar-refractivity contribution < 1.29 is 28.3 Å². The Morgan fingerprint density at radius 2 is 1.84 bits per heavy atom. The number of para-hydroxylation sites is 1. The molecule has 92 valence electrons. The minimum atomic E-state index is 0. The first kappa shape index (κ1) is 15.6. The van der Waals surface area contributed by atoms with Crippen molar-refractivity contribution in [3.8, 4) is 5.75 Å². The van der Waals surface area contributed by atoms with E-state index in [0.717, 1.165) is 11.1 Å². The summed E-state index contributed by atoms with van der Waals surface area (Å²) in [7, 11) is 1.60. The zero-order valence-corrected chi connectivity index (χ0v) is 11.3. The van der Waals surface area contributed by atoms with E-state index in [0.29, 0.717) is 5.75 Å². The molecule has 0 fully saturated rings. The predicted molar refractivity (Wildman–Crippen MR) is 73.2 cm³/mol. The number of ether oxygens (including phenoxy) is 2. The van der Waals surface area contributed by atoms with E-state index >= 15 is 0 Å². The summed E-state index contributed by atoms with van der Waals surface area (Å²) in [6, 6.07) is 18.9. The molecule has 0 aliphatic heterocycles. The summed E-state index contributed by atoms with van der Waals surface area (Å²) < 4.78 is 10.3. The summed E-state index contributed by atoms with van der Waals surface area (Å²) >= 11 is 0. The molecule has 0 spiro atoms. The van der Waals surface area contributed by atoms with Crippen molar-refractivity contribution >= 4 is 12.2 Å². The summed E-state index contributed by atoms with van der Waals surface area (Å²) in [4.78, 5) is 0. The molecular formula is C16H15LiO2. The van der Waals surface area contributed by atoms with Gasteiger partial charge < -0.3 is 9.47 Å². The van der Waals surface area contributed by atoms with Gasteiger partial charge in [-0.2, -0.15) is 18.2 Å². The van der Waals surface area contributed by atoms with E-state index in [1.807, 2.05) is 48.6 Å². The summed E-state index contributed by atoms with van der Waals surface area (Å²) in [6.45, 7) is 0.229. The van der Waals surface area contributed by atoms with Gasteiger partial charge in [0.25, 0.3) is 0 Å². The molecule has 0 aliphatic carbocycles. The van der Waals surface area contributed by atoms with E-state index in [1.165, 1.54) is 0 Å². The SMILES string of the molecule is COCOc1[c-]cccc1/C=C\c1ccccc1.[Li+]. The molecule has 0 atom stereocenters. The Hall–Kier alpha value is -1.46. The van der Waals surface area contributed by atoms with Gasteiger partial charge in [-0.3, -0.25) is 0 Å². The first-order valence-electron chi connectivity index (χ1n) is 5.76. The van der Waals surface area contributed by atoms with Crippen molar-refractivity contribution in [1.82, 2.24) is 0 Å². The monoisotopic (exact) mass is 246 g/mol. The molecule has 19 heavy (non-hydrogen) atoms. The van der Waals surface area contributed by atoms with Crippen molar-refractivity contribution in [2.24, 2.45) is 0 Å². The fourth-order valence-electron chi connectivity index (χ4n) is 1.56. The van der Waals surface area contributed by atoms with Crippen LogP contribution in [0.4, 0.5) is 0 Å². The second-order valence-corrected chi connectivity index (χ2v) is 3.75. The quantitative estimate of drug-likeness (QED) is 0.334. The maximum atomic E-state index is 5.45. The smallest absolute Gasteiger partial charge is 0.493 e. The molecule has 0 N–H and O–H groups in total. The number of methoxy groups -OCH3 is 1. The molecule has 2 nitrogen and oxygen atoms in total. The average Bonchev–Trinajstić information content (AvgIpc) is 2.45. The molecule has 2 aromatic rings. The Labute approximate surface area is 126 Å². The van der Waals surface area contributed by atoms with Gasteiger partial charge in [0.2, 0.25) is 0 Å². The van der Waals surface area contributed by atoms with E-state index in [4.69, 9.17) is 9.47 Å². The fraction of sp³-hybridized carbons (Fsp3) is 0.125. The second kappa shape index (κ2) is 8.61. The van der Waals surface area contributed by atoms with Crippen LogP contribution in [0.3, 0.4) is 0 Å². The van der Waals surface area contributed by atoms with Crippen LogP contribution in [-0.2, 0) is 4.74 Å². The zero-order valence-electron chi connectivity index (χ0n) is 11.3. The minimum absolute atomic E-state index is 0. The minimum Gasteiger partial charge on any atom is -0.493 e. The van der Waals surface area contributed by atoms with Gasteiger partial charge in [-0.15, -0.1) is 12.1 Å². The van der Waals surface area contributed by atoms with Crippen molar-refractivity contribution in [2.75, 3.05) is 13.9 Å². The van der Waals surface area contributed by atoms with Crippen LogP contribution >= 0.6 is 0 Å². The summed E-state index contributed by atoms with van der Waals surface area (Å²) in [5.41, 5.74) is 2.14. The number of hydrogen-bond donors (Lipinski definition) is 0. The van der Waals surface area contributed by atoms with E-state index in [2.05, 4.69) is 18.2 Å². The number of rotatable bonds is 5. The molecule has 0 radical (unpaired) electrons. The van der Waals surface area contributed by atoms with E-state index in [9.17, 15) is 0 Å². The van der Waals surface area contributed by atoms with Gasteiger partial charge in [-0.1, -0.05) is 42.0 Å². The Morgan fingerprint density at radius 1 is 1.05 bits per heavy atom. The first-order chi connectivity index (χ1) is 8.90. The molecule has 2 aromatic carbocycles. The van der Waals surface area contributed by atoms with Crippen molar-refractivity contribution in [1.29, 1.82) is 0 Å². The third-order valence-electron chi connectivity index (χ3n) is 2.42. The Balaban J connectivity index is 0.00000180. The first-order valence-corrected chi connectivity index (χ1v) is 5.76. The van der Waals surface area contributed by atoms with Crippen molar-refractivity contribution in [3.05, 3.63) is 65.7 Å². The van der Waals surface area contributed by atoms with Gasteiger partial charge in [0, 0.05) is 12.9 Å². The summed E-state index contributed by atoms with van der Waals surface area (Å²) in [5.74, 6) is 0.700. The van der Waals surface area contributed by atoms with Crippen LogP contribution < -0.4 is 23.6 Å².